The third-order valence-electron chi connectivity index (χ3n) is 6.56. The zero-order valence-corrected chi connectivity index (χ0v) is 17.2. The Bertz CT molecular complexity index is 876. The van der Waals surface area contributed by atoms with Crippen LogP contribution in [0.25, 0.3) is 0 Å². The molecule has 1 unspecified atom stereocenters. The van der Waals surface area contributed by atoms with Crippen molar-refractivity contribution in [1.29, 1.82) is 0 Å². The Morgan fingerprint density at radius 3 is 2.50 bits per heavy atom. The number of piperidine rings is 1. The molecule has 2 aliphatic heterocycles. The van der Waals surface area contributed by atoms with E-state index in [1.165, 1.54) is 25.7 Å². The number of imide groups is 2. The average Bonchev–Trinajstić information content (AvgIpc) is 3.00. The van der Waals surface area contributed by atoms with Crippen LogP contribution in [0.15, 0.2) is 18.2 Å². The molecule has 1 aromatic carbocycles. The van der Waals surface area contributed by atoms with Crippen molar-refractivity contribution < 1.29 is 19.2 Å². The maximum absolute atomic E-state index is 13.1. The van der Waals surface area contributed by atoms with Crippen LogP contribution in [0.2, 0.25) is 0 Å². The minimum Gasteiger partial charge on any atom is -0.317 e. The van der Waals surface area contributed by atoms with Gasteiger partial charge in [-0.1, -0.05) is 12.1 Å². The Balaban J connectivity index is 1.43. The van der Waals surface area contributed by atoms with E-state index in [0.717, 1.165) is 17.0 Å². The van der Waals surface area contributed by atoms with E-state index in [4.69, 9.17) is 0 Å². The average molecular weight is 412 g/mol. The van der Waals surface area contributed by atoms with Gasteiger partial charge in [-0.2, -0.15) is 0 Å². The summed E-state index contributed by atoms with van der Waals surface area (Å²) < 4.78 is 0. The highest BCUT2D eigenvalue weighted by molar-refractivity contribution is 6.24. The van der Waals surface area contributed by atoms with Crippen LogP contribution < -0.4 is 16.0 Å². The summed E-state index contributed by atoms with van der Waals surface area (Å²) in [5.41, 5.74) is 1.47. The Hall–Kier alpha value is -2.58. The Kier molecular flexibility index (Phi) is 5.97. The van der Waals surface area contributed by atoms with Gasteiger partial charge in [-0.25, -0.2) is 0 Å². The van der Waals surface area contributed by atoms with Gasteiger partial charge in [0.05, 0.1) is 11.1 Å². The second-order valence-electron chi connectivity index (χ2n) is 8.42. The van der Waals surface area contributed by atoms with Crippen LogP contribution in [0.1, 0.15) is 64.8 Å². The molecule has 30 heavy (non-hydrogen) atoms. The molecule has 0 aromatic heterocycles. The number of nitrogens with zero attached hydrogens (tertiary/aromatic N) is 1. The number of benzene rings is 1. The van der Waals surface area contributed by atoms with Gasteiger partial charge in [-0.05, 0) is 63.2 Å². The van der Waals surface area contributed by atoms with Crippen LogP contribution >= 0.6 is 0 Å². The summed E-state index contributed by atoms with van der Waals surface area (Å²) in [6, 6.07) is 4.93. The molecule has 2 fully saturated rings. The number of rotatable bonds is 6. The van der Waals surface area contributed by atoms with Crippen molar-refractivity contribution in [2.24, 2.45) is 5.92 Å². The van der Waals surface area contributed by atoms with Crippen molar-refractivity contribution in [2.45, 2.75) is 57.2 Å². The summed E-state index contributed by atoms with van der Waals surface area (Å²) in [6.07, 6.45) is 4.99. The van der Waals surface area contributed by atoms with Crippen molar-refractivity contribution in [1.82, 2.24) is 20.9 Å². The molecule has 1 atom stereocenters. The van der Waals surface area contributed by atoms with Crippen LogP contribution in [0, 0.1) is 5.92 Å². The quantitative estimate of drug-likeness (QED) is 0.601. The SMILES string of the molecule is CNC1CCC(CNCc2cccc3c2C(=O)N(C2CCC(=O)NC2=O)C3=O)CC1. The van der Waals surface area contributed by atoms with Gasteiger partial charge in [-0.15, -0.1) is 0 Å². The van der Waals surface area contributed by atoms with Crippen molar-refractivity contribution in [3.8, 4) is 0 Å². The van der Waals surface area contributed by atoms with Gasteiger partial charge in [0, 0.05) is 19.0 Å². The lowest BCUT2D eigenvalue weighted by Gasteiger charge is -2.28. The molecule has 0 radical (unpaired) electrons. The number of fused-ring (bicyclic) bond motifs is 1. The highest BCUT2D eigenvalue weighted by Gasteiger charge is 2.45. The van der Waals surface area contributed by atoms with Gasteiger partial charge in [0.25, 0.3) is 11.8 Å². The standard InChI is InChI=1S/C22H28N4O4/c1-23-15-7-5-13(6-8-15)11-24-12-14-3-2-4-16-19(14)22(30)26(21(16)29)17-9-10-18(27)25-20(17)28/h2-4,13,15,17,23-24H,5-12H2,1H3,(H,25,27,28). The molecule has 2 heterocycles. The van der Waals surface area contributed by atoms with Crippen LogP contribution in [0.4, 0.5) is 0 Å². The van der Waals surface area contributed by atoms with Gasteiger partial charge < -0.3 is 10.6 Å². The molecule has 8 nitrogen and oxygen atoms in total. The predicted octanol–water partition coefficient (Wildman–Crippen LogP) is 0.956. The monoisotopic (exact) mass is 412 g/mol. The first-order valence-corrected chi connectivity index (χ1v) is 10.7. The largest absolute Gasteiger partial charge is 0.317 e. The van der Waals surface area contributed by atoms with E-state index in [2.05, 4.69) is 16.0 Å². The Morgan fingerprint density at radius 2 is 1.80 bits per heavy atom. The molecule has 8 heteroatoms. The van der Waals surface area contributed by atoms with Gasteiger partial charge in [0.2, 0.25) is 11.8 Å². The maximum atomic E-state index is 13.1. The van der Waals surface area contributed by atoms with Gasteiger partial charge in [0.1, 0.15) is 6.04 Å². The third-order valence-corrected chi connectivity index (χ3v) is 6.56. The lowest BCUT2D eigenvalue weighted by atomic mass is 9.86. The van der Waals surface area contributed by atoms with E-state index in [1.807, 2.05) is 13.1 Å². The fraction of sp³-hybridized carbons (Fsp3) is 0.545. The summed E-state index contributed by atoms with van der Waals surface area (Å²) >= 11 is 0. The smallest absolute Gasteiger partial charge is 0.262 e. The van der Waals surface area contributed by atoms with Crippen molar-refractivity contribution >= 4 is 23.6 Å². The van der Waals surface area contributed by atoms with E-state index in [0.29, 0.717) is 29.6 Å². The number of carbonyl (C=O) groups is 4. The number of amides is 4. The lowest BCUT2D eigenvalue weighted by Crippen LogP contribution is -2.54. The first-order chi connectivity index (χ1) is 14.5. The summed E-state index contributed by atoms with van der Waals surface area (Å²) in [7, 11) is 2.01. The Morgan fingerprint density at radius 1 is 1.03 bits per heavy atom. The fourth-order valence-electron chi connectivity index (χ4n) is 4.80. The van der Waals surface area contributed by atoms with Gasteiger partial charge >= 0.3 is 0 Å². The predicted molar refractivity (Wildman–Crippen MR) is 110 cm³/mol. The van der Waals surface area contributed by atoms with E-state index < -0.39 is 23.8 Å². The first-order valence-electron chi connectivity index (χ1n) is 10.7. The molecule has 3 N–H and O–H groups in total. The summed E-state index contributed by atoms with van der Waals surface area (Å²) in [6.45, 7) is 1.37. The van der Waals surface area contributed by atoms with Crippen LogP contribution in [0.3, 0.4) is 0 Å². The first kappa shape index (κ1) is 20.7. The zero-order chi connectivity index (χ0) is 21.3. The Labute approximate surface area is 175 Å². The molecule has 4 amide bonds. The number of nitrogens with one attached hydrogen (secondary N) is 3. The van der Waals surface area contributed by atoms with Crippen LogP contribution in [-0.2, 0) is 16.1 Å². The lowest BCUT2D eigenvalue weighted by molar-refractivity contribution is -0.136. The number of hydrogen-bond donors (Lipinski definition) is 3. The molecule has 4 rings (SSSR count). The van der Waals surface area contributed by atoms with Gasteiger partial charge in [0.15, 0.2) is 0 Å². The highest BCUT2D eigenvalue weighted by Crippen LogP contribution is 2.30. The van der Waals surface area contributed by atoms with E-state index >= 15 is 0 Å². The molecule has 160 valence electrons. The summed E-state index contributed by atoms with van der Waals surface area (Å²) in [5, 5.41) is 9.02. The highest BCUT2D eigenvalue weighted by atomic mass is 16.2. The minimum atomic E-state index is -0.932. The fourth-order valence-corrected chi connectivity index (χ4v) is 4.80. The molecule has 1 saturated heterocycles. The molecule has 1 aromatic rings. The molecule has 3 aliphatic rings. The van der Waals surface area contributed by atoms with Crippen molar-refractivity contribution in [3.63, 3.8) is 0 Å². The maximum Gasteiger partial charge on any atom is 0.262 e. The topological polar surface area (TPSA) is 108 Å². The molecular formula is C22H28N4O4. The number of carbonyl (C=O) groups excluding carboxylic acids is 4. The number of hydrogen-bond acceptors (Lipinski definition) is 6. The minimum absolute atomic E-state index is 0.119. The normalized spacial score (nSPS) is 26.7. The van der Waals surface area contributed by atoms with Crippen molar-refractivity contribution in [3.05, 3.63) is 34.9 Å². The third kappa shape index (κ3) is 3.89. The van der Waals surface area contributed by atoms with Crippen LogP contribution in [-0.4, -0.2) is 54.2 Å². The molecule has 1 aliphatic carbocycles. The summed E-state index contributed by atoms with van der Waals surface area (Å²) in [5.74, 6) is -1.25. The van der Waals surface area contributed by atoms with E-state index in [-0.39, 0.29) is 18.7 Å². The van der Waals surface area contributed by atoms with Crippen molar-refractivity contribution in [2.75, 3.05) is 13.6 Å². The van der Waals surface area contributed by atoms with E-state index in [9.17, 15) is 19.2 Å². The molecule has 0 bridgehead atoms. The second kappa shape index (κ2) is 8.65. The molecule has 0 spiro atoms. The second-order valence-corrected chi connectivity index (χ2v) is 8.42. The summed E-state index contributed by atoms with van der Waals surface area (Å²) in [4.78, 5) is 50.6. The van der Waals surface area contributed by atoms with Gasteiger partial charge in [-0.3, -0.25) is 29.4 Å². The van der Waals surface area contributed by atoms with Crippen LogP contribution in [0.5, 0.6) is 0 Å². The molecule has 1 saturated carbocycles. The molecular weight excluding hydrogens is 384 g/mol. The zero-order valence-electron chi connectivity index (χ0n) is 17.2. The van der Waals surface area contributed by atoms with E-state index in [1.54, 1.807) is 12.1 Å².